The van der Waals surface area contributed by atoms with E-state index in [1.807, 2.05) is 36.4 Å². The molecule has 29 heavy (non-hydrogen) atoms. The van der Waals surface area contributed by atoms with Gasteiger partial charge in [-0.15, -0.1) is 11.8 Å². The molecule has 0 radical (unpaired) electrons. The molecule has 2 aromatic heterocycles. The first-order valence-corrected chi connectivity index (χ1v) is 11.2. The van der Waals surface area contributed by atoms with Crippen molar-refractivity contribution >= 4 is 23.4 Å². The Bertz CT molecular complexity index is 1040. The molecule has 1 aromatic carbocycles. The van der Waals surface area contributed by atoms with Crippen molar-refractivity contribution in [2.45, 2.75) is 42.9 Å². The Morgan fingerprint density at radius 1 is 1.21 bits per heavy atom. The molecule has 0 spiro atoms. The molecule has 1 aliphatic heterocycles. The third-order valence-corrected chi connectivity index (χ3v) is 6.65. The molecule has 1 saturated heterocycles. The molecule has 1 aliphatic rings. The van der Waals surface area contributed by atoms with Crippen molar-refractivity contribution in [3.05, 3.63) is 64.3 Å². The second kappa shape index (κ2) is 9.20. The third-order valence-electron chi connectivity index (χ3n) is 5.00. The van der Waals surface area contributed by atoms with Crippen LogP contribution in [0, 0.1) is 0 Å². The minimum Gasteiger partial charge on any atom is -0.381 e. The molecule has 3 aromatic rings. The first-order chi connectivity index (χ1) is 14.1. The topological polar surface area (TPSA) is 49.0 Å². The summed E-state index contributed by atoms with van der Waals surface area (Å²) in [4.78, 5) is 13.1. The van der Waals surface area contributed by atoms with Crippen LogP contribution in [0.25, 0.3) is 16.8 Å². The van der Waals surface area contributed by atoms with E-state index in [2.05, 4.69) is 24.2 Å². The van der Waals surface area contributed by atoms with E-state index in [-0.39, 0.29) is 5.56 Å². The van der Waals surface area contributed by atoms with Crippen molar-refractivity contribution in [3.63, 3.8) is 0 Å². The summed E-state index contributed by atoms with van der Waals surface area (Å²) in [7, 11) is 0. The first-order valence-electron chi connectivity index (χ1n) is 9.94. The molecule has 0 N–H and O–H groups in total. The highest BCUT2D eigenvalue weighted by molar-refractivity contribution is 8.00. The molecular formula is C22H24ClN3O2S. The first kappa shape index (κ1) is 20.3. The minimum absolute atomic E-state index is 0.00337. The standard InChI is InChI=1S/C22H24ClN3O2S/c1-2-9-25-15-17(3-6-22(25)27)26-14-16(13-24-26)20-5-4-19(12-21(20)23)29-18-7-10-28-11-8-18/h3-6,12-15,18H,2,7-11H2,1H3. The maximum Gasteiger partial charge on any atom is 0.250 e. The number of aryl methyl sites for hydroxylation is 1. The summed E-state index contributed by atoms with van der Waals surface area (Å²) in [5, 5.41) is 5.78. The van der Waals surface area contributed by atoms with Crippen molar-refractivity contribution in [2.24, 2.45) is 0 Å². The quantitative estimate of drug-likeness (QED) is 0.551. The van der Waals surface area contributed by atoms with E-state index in [4.69, 9.17) is 16.3 Å². The van der Waals surface area contributed by atoms with E-state index >= 15 is 0 Å². The van der Waals surface area contributed by atoms with Gasteiger partial charge < -0.3 is 9.30 Å². The Labute approximate surface area is 179 Å². The van der Waals surface area contributed by atoms with Crippen LogP contribution in [0.1, 0.15) is 26.2 Å². The zero-order chi connectivity index (χ0) is 20.2. The van der Waals surface area contributed by atoms with Crippen LogP contribution < -0.4 is 5.56 Å². The molecule has 0 unspecified atom stereocenters. The number of thioether (sulfide) groups is 1. The van der Waals surface area contributed by atoms with E-state index in [9.17, 15) is 4.79 Å². The molecule has 3 heterocycles. The number of ether oxygens (including phenoxy) is 1. The largest absolute Gasteiger partial charge is 0.381 e. The fraction of sp³-hybridized carbons (Fsp3) is 0.364. The van der Waals surface area contributed by atoms with Crippen LogP contribution >= 0.6 is 23.4 Å². The van der Waals surface area contributed by atoms with Gasteiger partial charge in [0.1, 0.15) is 0 Å². The van der Waals surface area contributed by atoms with Crippen LogP contribution in [0.3, 0.4) is 0 Å². The lowest BCUT2D eigenvalue weighted by Gasteiger charge is -2.21. The number of hydrogen-bond donors (Lipinski definition) is 0. The fourth-order valence-corrected chi connectivity index (χ4v) is 4.96. The number of rotatable bonds is 6. The van der Waals surface area contributed by atoms with E-state index < -0.39 is 0 Å². The smallest absolute Gasteiger partial charge is 0.250 e. The SMILES string of the molecule is CCCn1cc(-n2cc(-c3ccc(SC4CCOCC4)cc3Cl)cn2)ccc1=O. The summed E-state index contributed by atoms with van der Waals surface area (Å²) >= 11 is 8.48. The second-order valence-corrected chi connectivity index (χ2v) is 8.94. The van der Waals surface area contributed by atoms with Gasteiger partial charge in [0.05, 0.1) is 11.9 Å². The van der Waals surface area contributed by atoms with Crippen molar-refractivity contribution in [1.29, 1.82) is 0 Å². The van der Waals surface area contributed by atoms with Gasteiger partial charge in [0.25, 0.3) is 5.56 Å². The molecule has 1 fully saturated rings. The number of benzene rings is 1. The van der Waals surface area contributed by atoms with Crippen LogP contribution in [0.2, 0.25) is 5.02 Å². The molecular weight excluding hydrogens is 406 g/mol. The van der Waals surface area contributed by atoms with Crippen LogP contribution in [0.5, 0.6) is 0 Å². The van der Waals surface area contributed by atoms with Gasteiger partial charge in [-0.3, -0.25) is 4.79 Å². The summed E-state index contributed by atoms with van der Waals surface area (Å²) in [6.45, 7) is 4.43. The molecule has 4 rings (SSSR count). The normalized spacial score (nSPS) is 15.0. The van der Waals surface area contributed by atoms with Gasteiger partial charge in [0.2, 0.25) is 0 Å². The maximum absolute atomic E-state index is 11.9. The number of hydrogen-bond acceptors (Lipinski definition) is 4. The van der Waals surface area contributed by atoms with Crippen molar-refractivity contribution < 1.29 is 4.74 Å². The van der Waals surface area contributed by atoms with Gasteiger partial charge in [-0.2, -0.15) is 5.10 Å². The average Bonchev–Trinajstić information content (AvgIpc) is 3.20. The third kappa shape index (κ3) is 4.77. The molecule has 0 aliphatic carbocycles. The average molecular weight is 430 g/mol. The lowest BCUT2D eigenvalue weighted by Crippen LogP contribution is -2.19. The van der Waals surface area contributed by atoms with Gasteiger partial charge in [-0.25, -0.2) is 4.68 Å². The van der Waals surface area contributed by atoms with E-state index in [0.717, 1.165) is 54.3 Å². The Morgan fingerprint density at radius 2 is 2.03 bits per heavy atom. The van der Waals surface area contributed by atoms with Crippen LogP contribution in [0.15, 0.2) is 58.6 Å². The van der Waals surface area contributed by atoms with Gasteiger partial charge in [-0.05, 0) is 37.5 Å². The summed E-state index contributed by atoms with van der Waals surface area (Å²) in [6, 6.07) is 9.60. The number of pyridine rings is 1. The highest BCUT2D eigenvalue weighted by Crippen LogP contribution is 2.35. The molecule has 152 valence electrons. The van der Waals surface area contributed by atoms with E-state index in [0.29, 0.717) is 11.8 Å². The van der Waals surface area contributed by atoms with Crippen molar-refractivity contribution in [1.82, 2.24) is 14.3 Å². The fourth-order valence-electron chi connectivity index (χ4n) is 3.46. The molecule has 5 nitrogen and oxygen atoms in total. The predicted molar refractivity (Wildman–Crippen MR) is 118 cm³/mol. The molecule has 0 amide bonds. The van der Waals surface area contributed by atoms with Crippen LogP contribution in [-0.4, -0.2) is 32.8 Å². The van der Waals surface area contributed by atoms with Crippen molar-refractivity contribution in [2.75, 3.05) is 13.2 Å². The lowest BCUT2D eigenvalue weighted by atomic mass is 10.1. The Balaban J connectivity index is 1.54. The van der Waals surface area contributed by atoms with Gasteiger partial charge in [0, 0.05) is 64.5 Å². The summed E-state index contributed by atoms with van der Waals surface area (Å²) in [5.74, 6) is 0. The van der Waals surface area contributed by atoms with E-state index in [1.54, 1.807) is 21.4 Å². The monoisotopic (exact) mass is 429 g/mol. The number of nitrogens with zero attached hydrogens (tertiary/aromatic N) is 3. The Kier molecular flexibility index (Phi) is 6.43. The summed E-state index contributed by atoms with van der Waals surface area (Å²) in [5.41, 5.74) is 2.76. The highest BCUT2D eigenvalue weighted by Gasteiger charge is 2.16. The Hall–Kier alpha value is -2.02. The van der Waals surface area contributed by atoms with Gasteiger partial charge in [-0.1, -0.05) is 24.6 Å². The number of aromatic nitrogens is 3. The predicted octanol–water partition coefficient (Wildman–Crippen LogP) is 5.04. The zero-order valence-electron chi connectivity index (χ0n) is 16.4. The summed E-state index contributed by atoms with van der Waals surface area (Å²) in [6.07, 6.45) is 8.66. The van der Waals surface area contributed by atoms with Gasteiger partial charge in [0.15, 0.2) is 0 Å². The maximum atomic E-state index is 11.9. The minimum atomic E-state index is 0.00337. The van der Waals surface area contributed by atoms with Crippen LogP contribution in [-0.2, 0) is 11.3 Å². The highest BCUT2D eigenvalue weighted by atomic mass is 35.5. The Morgan fingerprint density at radius 3 is 2.79 bits per heavy atom. The van der Waals surface area contributed by atoms with E-state index in [1.165, 1.54) is 4.90 Å². The number of halogens is 1. The van der Waals surface area contributed by atoms with Crippen molar-refractivity contribution in [3.8, 4) is 16.8 Å². The molecule has 7 heteroatoms. The van der Waals surface area contributed by atoms with Crippen LogP contribution in [0.4, 0.5) is 0 Å². The second-order valence-electron chi connectivity index (χ2n) is 7.16. The molecule has 0 bridgehead atoms. The molecule has 0 atom stereocenters. The molecule has 0 saturated carbocycles. The summed E-state index contributed by atoms with van der Waals surface area (Å²) < 4.78 is 8.93. The zero-order valence-corrected chi connectivity index (χ0v) is 18.0. The van der Waals surface area contributed by atoms with Gasteiger partial charge >= 0.3 is 0 Å². The lowest BCUT2D eigenvalue weighted by molar-refractivity contribution is 0.100.